The van der Waals surface area contributed by atoms with Crippen LogP contribution in [0.5, 0.6) is 0 Å². The van der Waals surface area contributed by atoms with Crippen molar-refractivity contribution in [2.24, 2.45) is 5.73 Å². The predicted octanol–water partition coefficient (Wildman–Crippen LogP) is 2.39. The molecule has 0 amide bonds. The number of aromatic nitrogens is 3. The van der Waals surface area contributed by atoms with E-state index in [9.17, 15) is 4.79 Å². The van der Waals surface area contributed by atoms with Crippen LogP contribution in [-0.4, -0.2) is 14.7 Å². The highest BCUT2D eigenvalue weighted by Crippen LogP contribution is 2.34. The van der Waals surface area contributed by atoms with Gasteiger partial charge in [-0.05, 0) is 34.8 Å². The summed E-state index contributed by atoms with van der Waals surface area (Å²) >= 11 is 3.35. The van der Waals surface area contributed by atoms with E-state index in [0.717, 1.165) is 30.2 Å². The molecule has 2 aromatic rings. The third kappa shape index (κ3) is 3.59. The molecule has 0 spiro atoms. The Hall–Kier alpha value is -1.18. The minimum atomic E-state index is -0.436. The van der Waals surface area contributed by atoms with Crippen molar-refractivity contribution in [3.05, 3.63) is 44.9 Å². The van der Waals surface area contributed by atoms with Crippen molar-refractivity contribution in [2.45, 2.75) is 44.2 Å². The van der Waals surface area contributed by atoms with Gasteiger partial charge in [-0.25, -0.2) is 0 Å². The van der Waals surface area contributed by atoms with Crippen LogP contribution in [0.2, 0.25) is 0 Å². The van der Waals surface area contributed by atoms with Crippen LogP contribution in [0, 0.1) is 0 Å². The smallest absolute Gasteiger partial charge is 0.250 e. The first-order valence-electron chi connectivity index (χ1n) is 7.05. The van der Waals surface area contributed by atoms with E-state index in [-0.39, 0.29) is 18.0 Å². The molecule has 120 valence electrons. The van der Waals surface area contributed by atoms with Crippen molar-refractivity contribution in [3.8, 4) is 0 Å². The van der Waals surface area contributed by atoms with Crippen LogP contribution in [0.3, 0.4) is 0 Å². The molecule has 1 fully saturated rings. The van der Waals surface area contributed by atoms with Crippen molar-refractivity contribution in [1.82, 2.24) is 14.7 Å². The molecular formula is C14H18BrClN4O2. The van der Waals surface area contributed by atoms with Crippen molar-refractivity contribution >= 4 is 28.3 Å². The highest BCUT2D eigenvalue weighted by atomic mass is 79.9. The zero-order chi connectivity index (χ0) is 14.9. The summed E-state index contributed by atoms with van der Waals surface area (Å²) in [5.74, 6) is 1.12. The molecule has 0 saturated heterocycles. The molecule has 0 unspecified atom stereocenters. The number of hydrogen-bond donors (Lipinski definition) is 1. The molecule has 1 aliphatic carbocycles. The van der Waals surface area contributed by atoms with Gasteiger partial charge in [0.25, 0.3) is 5.56 Å². The number of aryl methyl sites for hydroxylation is 2. The van der Waals surface area contributed by atoms with Gasteiger partial charge in [0.15, 0.2) is 5.82 Å². The van der Waals surface area contributed by atoms with Crippen LogP contribution in [0.4, 0.5) is 0 Å². The molecule has 22 heavy (non-hydrogen) atoms. The topological polar surface area (TPSA) is 86.9 Å². The lowest BCUT2D eigenvalue weighted by Gasteiger charge is -2.17. The number of rotatable bonds is 4. The fourth-order valence-corrected chi connectivity index (χ4v) is 3.06. The Balaban J connectivity index is 0.00000176. The minimum absolute atomic E-state index is 0. The first kappa shape index (κ1) is 17.2. The molecule has 2 N–H and O–H groups in total. The van der Waals surface area contributed by atoms with Crippen molar-refractivity contribution in [3.63, 3.8) is 0 Å². The number of pyridine rings is 1. The Morgan fingerprint density at radius 1 is 1.36 bits per heavy atom. The van der Waals surface area contributed by atoms with E-state index < -0.39 is 5.54 Å². The molecule has 0 bridgehead atoms. The summed E-state index contributed by atoms with van der Waals surface area (Å²) in [6.07, 6.45) is 6.27. The highest BCUT2D eigenvalue weighted by molar-refractivity contribution is 9.10. The van der Waals surface area contributed by atoms with Gasteiger partial charge in [0.1, 0.15) is 0 Å². The Morgan fingerprint density at radius 2 is 2.09 bits per heavy atom. The Bertz CT molecular complexity index is 694. The van der Waals surface area contributed by atoms with Gasteiger partial charge in [-0.2, -0.15) is 4.98 Å². The molecule has 0 radical (unpaired) electrons. The maximum absolute atomic E-state index is 11.7. The van der Waals surface area contributed by atoms with Crippen molar-refractivity contribution < 1.29 is 4.52 Å². The summed E-state index contributed by atoms with van der Waals surface area (Å²) in [7, 11) is 0. The summed E-state index contributed by atoms with van der Waals surface area (Å²) in [6, 6.07) is 3.25. The van der Waals surface area contributed by atoms with E-state index in [0.29, 0.717) is 24.7 Å². The third-order valence-corrected chi connectivity index (χ3v) is 4.39. The molecule has 6 nitrogen and oxygen atoms in total. The summed E-state index contributed by atoms with van der Waals surface area (Å²) in [5, 5.41) is 4.01. The summed E-state index contributed by atoms with van der Waals surface area (Å²) < 4.78 is 7.74. The van der Waals surface area contributed by atoms with E-state index in [2.05, 4.69) is 26.1 Å². The second-order valence-electron chi connectivity index (χ2n) is 5.50. The third-order valence-electron chi connectivity index (χ3n) is 3.92. The molecule has 1 aliphatic rings. The molecule has 2 heterocycles. The minimum Gasteiger partial charge on any atom is -0.339 e. The van der Waals surface area contributed by atoms with Gasteiger partial charge >= 0.3 is 0 Å². The second kappa shape index (κ2) is 6.93. The number of nitrogens with two attached hydrogens (primary N) is 1. The van der Waals surface area contributed by atoms with E-state index in [4.69, 9.17) is 10.3 Å². The summed E-state index contributed by atoms with van der Waals surface area (Å²) in [6.45, 7) is 0.497. The quantitative estimate of drug-likeness (QED) is 0.867. The van der Waals surface area contributed by atoms with E-state index in [1.54, 1.807) is 16.8 Å². The van der Waals surface area contributed by atoms with Gasteiger partial charge in [-0.1, -0.05) is 18.0 Å². The normalized spacial score (nSPS) is 16.5. The molecule has 1 saturated carbocycles. The van der Waals surface area contributed by atoms with Crippen LogP contribution >= 0.6 is 28.3 Å². The molecule has 0 atom stereocenters. The van der Waals surface area contributed by atoms with E-state index >= 15 is 0 Å². The average molecular weight is 390 g/mol. The molecule has 0 aliphatic heterocycles. The lowest BCUT2D eigenvalue weighted by Crippen LogP contribution is -2.34. The first-order chi connectivity index (χ1) is 10.1. The summed E-state index contributed by atoms with van der Waals surface area (Å²) in [4.78, 5) is 16.1. The number of nitrogens with zero attached hydrogens (tertiary/aromatic N) is 3. The highest BCUT2D eigenvalue weighted by Gasteiger charge is 2.35. The van der Waals surface area contributed by atoms with Gasteiger partial charge in [0, 0.05) is 29.7 Å². The SMILES string of the molecule is Cl.NC1(c2noc(CCn3cc(Br)ccc3=O)n2)CCCC1. The van der Waals surface area contributed by atoms with Crippen LogP contribution in [-0.2, 0) is 18.5 Å². The van der Waals surface area contributed by atoms with E-state index in [1.807, 2.05) is 0 Å². The van der Waals surface area contributed by atoms with Crippen LogP contribution in [0.1, 0.15) is 37.4 Å². The van der Waals surface area contributed by atoms with Crippen LogP contribution in [0.15, 0.2) is 32.1 Å². The molecule has 2 aromatic heterocycles. The van der Waals surface area contributed by atoms with E-state index in [1.165, 1.54) is 6.07 Å². The fraction of sp³-hybridized carbons (Fsp3) is 0.500. The van der Waals surface area contributed by atoms with Crippen molar-refractivity contribution in [2.75, 3.05) is 0 Å². The Morgan fingerprint density at radius 3 is 2.82 bits per heavy atom. The van der Waals surface area contributed by atoms with Crippen LogP contribution in [0.25, 0.3) is 0 Å². The number of hydrogen-bond acceptors (Lipinski definition) is 5. The maximum atomic E-state index is 11.7. The summed E-state index contributed by atoms with van der Waals surface area (Å²) in [5.41, 5.74) is 5.81. The Labute approximate surface area is 142 Å². The standard InChI is InChI=1S/C14H17BrN4O2.ClH/c15-10-3-4-12(20)19(9-10)8-5-11-17-13(18-21-11)14(16)6-1-2-7-14;/h3-4,9H,1-2,5-8,16H2;1H. The first-order valence-corrected chi connectivity index (χ1v) is 7.84. The number of halogens is 2. The lowest BCUT2D eigenvalue weighted by molar-refractivity contribution is 0.344. The second-order valence-corrected chi connectivity index (χ2v) is 6.42. The fourth-order valence-electron chi connectivity index (χ4n) is 2.68. The molecular weight excluding hydrogens is 372 g/mol. The maximum Gasteiger partial charge on any atom is 0.250 e. The van der Waals surface area contributed by atoms with Gasteiger partial charge in [0.05, 0.1) is 5.54 Å². The molecule has 0 aromatic carbocycles. The molecule has 8 heteroatoms. The monoisotopic (exact) mass is 388 g/mol. The van der Waals surface area contributed by atoms with Gasteiger partial charge in [-0.3, -0.25) is 4.79 Å². The molecule has 3 rings (SSSR count). The zero-order valence-electron chi connectivity index (χ0n) is 12.0. The van der Waals surface area contributed by atoms with Gasteiger partial charge < -0.3 is 14.8 Å². The predicted molar refractivity (Wildman–Crippen MR) is 88.0 cm³/mol. The Kier molecular flexibility index (Phi) is 5.41. The van der Waals surface area contributed by atoms with Gasteiger partial charge in [-0.15, -0.1) is 12.4 Å². The van der Waals surface area contributed by atoms with Gasteiger partial charge in [0.2, 0.25) is 5.89 Å². The van der Waals surface area contributed by atoms with Crippen LogP contribution < -0.4 is 11.3 Å². The average Bonchev–Trinajstić information content (AvgIpc) is 3.10. The zero-order valence-corrected chi connectivity index (χ0v) is 14.4. The largest absolute Gasteiger partial charge is 0.339 e. The lowest BCUT2D eigenvalue weighted by atomic mass is 9.99. The van der Waals surface area contributed by atoms with Crippen molar-refractivity contribution in [1.29, 1.82) is 0 Å².